The largest absolute Gasteiger partial charge is 0.372 e. The Balaban J connectivity index is 2.02. The van der Waals surface area contributed by atoms with Crippen LogP contribution in [0.15, 0.2) is 36.7 Å². The first-order chi connectivity index (χ1) is 10.5. The van der Waals surface area contributed by atoms with Crippen molar-refractivity contribution in [1.29, 1.82) is 0 Å². The molecular formula is C17H24N4O. The number of carbonyl (C=O) groups excluding carboxylic acids is 1. The Bertz CT molecular complexity index is 614. The number of rotatable bonds is 6. The van der Waals surface area contributed by atoms with E-state index in [-0.39, 0.29) is 11.9 Å². The molecule has 0 bridgehead atoms. The normalized spacial score (nSPS) is 12.0. The average molecular weight is 300 g/mol. The first-order valence-corrected chi connectivity index (χ1v) is 7.71. The molecule has 1 N–H and O–H groups in total. The number of aryl methyl sites for hydroxylation is 1. The number of anilines is 2. The van der Waals surface area contributed by atoms with E-state index in [4.69, 9.17) is 0 Å². The van der Waals surface area contributed by atoms with Crippen LogP contribution < -0.4 is 10.2 Å². The summed E-state index contributed by atoms with van der Waals surface area (Å²) in [6, 6.07) is 7.60. The predicted molar refractivity (Wildman–Crippen MR) is 90.3 cm³/mol. The highest BCUT2D eigenvalue weighted by Gasteiger charge is 2.15. The van der Waals surface area contributed by atoms with Gasteiger partial charge in [0.1, 0.15) is 6.04 Å². The molecule has 1 heterocycles. The van der Waals surface area contributed by atoms with E-state index in [1.807, 2.05) is 44.3 Å². The van der Waals surface area contributed by atoms with Gasteiger partial charge in [0, 0.05) is 30.7 Å². The predicted octanol–water partition coefficient (Wildman–Crippen LogP) is 3.24. The fourth-order valence-corrected chi connectivity index (χ4v) is 2.36. The van der Waals surface area contributed by atoms with Gasteiger partial charge < -0.3 is 10.2 Å². The van der Waals surface area contributed by atoms with Crippen molar-refractivity contribution >= 4 is 17.3 Å². The zero-order chi connectivity index (χ0) is 16.1. The molecule has 0 aliphatic carbocycles. The molecule has 2 aromatic rings. The Labute approximate surface area is 131 Å². The van der Waals surface area contributed by atoms with E-state index in [0.717, 1.165) is 24.3 Å². The lowest BCUT2D eigenvalue weighted by Gasteiger charge is -2.21. The quantitative estimate of drug-likeness (QED) is 0.891. The van der Waals surface area contributed by atoms with Crippen LogP contribution in [-0.2, 0) is 4.79 Å². The Hall–Kier alpha value is -2.30. The molecule has 2 rings (SSSR count). The van der Waals surface area contributed by atoms with Gasteiger partial charge in [-0.1, -0.05) is 0 Å². The van der Waals surface area contributed by atoms with Crippen molar-refractivity contribution in [2.45, 2.75) is 33.7 Å². The number of nitrogens with zero attached hydrogens (tertiary/aromatic N) is 3. The first-order valence-electron chi connectivity index (χ1n) is 7.71. The summed E-state index contributed by atoms with van der Waals surface area (Å²) >= 11 is 0. The maximum atomic E-state index is 12.3. The third-order valence-corrected chi connectivity index (χ3v) is 3.77. The Morgan fingerprint density at radius 2 is 1.91 bits per heavy atom. The lowest BCUT2D eigenvalue weighted by atomic mass is 10.2. The summed E-state index contributed by atoms with van der Waals surface area (Å²) in [5.41, 5.74) is 3.01. The van der Waals surface area contributed by atoms with Gasteiger partial charge in [-0.3, -0.25) is 9.48 Å². The van der Waals surface area contributed by atoms with Gasteiger partial charge in [0.25, 0.3) is 0 Å². The van der Waals surface area contributed by atoms with E-state index in [0.29, 0.717) is 0 Å². The van der Waals surface area contributed by atoms with Crippen LogP contribution >= 0.6 is 0 Å². The summed E-state index contributed by atoms with van der Waals surface area (Å²) in [7, 11) is 0. The number of nitrogens with one attached hydrogen (secondary N) is 1. The topological polar surface area (TPSA) is 50.2 Å². The molecule has 0 saturated carbocycles. The number of hydrogen-bond acceptors (Lipinski definition) is 3. The van der Waals surface area contributed by atoms with Crippen LogP contribution in [0.25, 0.3) is 0 Å². The van der Waals surface area contributed by atoms with Crippen molar-refractivity contribution in [2.75, 3.05) is 23.3 Å². The summed E-state index contributed by atoms with van der Waals surface area (Å²) in [6.07, 6.45) is 3.62. The van der Waals surface area contributed by atoms with Crippen LogP contribution in [-0.4, -0.2) is 28.8 Å². The second kappa shape index (κ2) is 7.11. The lowest BCUT2D eigenvalue weighted by molar-refractivity contribution is -0.119. The maximum absolute atomic E-state index is 12.3. The van der Waals surface area contributed by atoms with Gasteiger partial charge in [-0.15, -0.1) is 0 Å². The van der Waals surface area contributed by atoms with Gasteiger partial charge in [-0.25, -0.2) is 0 Å². The highest BCUT2D eigenvalue weighted by atomic mass is 16.2. The molecule has 22 heavy (non-hydrogen) atoms. The monoisotopic (exact) mass is 300 g/mol. The molecule has 0 aliphatic heterocycles. The number of benzene rings is 1. The highest BCUT2D eigenvalue weighted by molar-refractivity contribution is 5.93. The summed E-state index contributed by atoms with van der Waals surface area (Å²) in [5.74, 6) is -0.0707. The second-order valence-corrected chi connectivity index (χ2v) is 5.38. The molecule has 1 unspecified atom stereocenters. The number of hydrogen-bond donors (Lipinski definition) is 1. The zero-order valence-corrected chi connectivity index (χ0v) is 13.7. The zero-order valence-electron chi connectivity index (χ0n) is 13.7. The summed E-state index contributed by atoms with van der Waals surface area (Å²) in [5, 5.41) is 7.12. The van der Waals surface area contributed by atoms with Gasteiger partial charge in [0.15, 0.2) is 0 Å². The van der Waals surface area contributed by atoms with E-state index < -0.39 is 0 Å². The number of carbonyl (C=O) groups is 1. The standard InChI is InChI=1S/C17H24N4O/c1-5-20(6-2)16-9-7-15(8-10-16)19-17(22)14(4)21-12-13(3)11-18-21/h7-12,14H,5-6H2,1-4H3,(H,19,22). The van der Waals surface area contributed by atoms with E-state index in [1.54, 1.807) is 10.9 Å². The molecule has 118 valence electrons. The van der Waals surface area contributed by atoms with E-state index in [2.05, 4.69) is 29.2 Å². The van der Waals surface area contributed by atoms with Crippen molar-refractivity contribution in [2.24, 2.45) is 0 Å². The fourth-order valence-electron chi connectivity index (χ4n) is 2.36. The number of amides is 1. The van der Waals surface area contributed by atoms with Crippen LogP contribution in [0.4, 0.5) is 11.4 Å². The molecule has 0 spiro atoms. The highest BCUT2D eigenvalue weighted by Crippen LogP contribution is 2.18. The molecule has 0 saturated heterocycles. The SMILES string of the molecule is CCN(CC)c1ccc(NC(=O)C(C)n2cc(C)cn2)cc1. The van der Waals surface area contributed by atoms with Crippen molar-refractivity contribution in [3.05, 3.63) is 42.2 Å². The molecule has 1 aromatic heterocycles. The van der Waals surface area contributed by atoms with E-state index in [1.165, 1.54) is 5.69 Å². The molecule has 5 nitrogen and oxygen atoms in total. The Morgan fingerprint density at radius 1 is 1.27 bits per heavy atom. The Morgan fingerprint density at radius 3 is 2.41 bits per heavy atom. The molecule has 1 aromatic carbocycles. The Kier molecular flexibility index (Phi) is 5.20. The minimum atomic E-state index is -0.337. The van der Waals surface area contributed by atoms with Gasteiger partial charge in [0.05, 0.1) is 6.20 Å². The minimum absolute atomic E-state index is 0.0707. The lowest BCUT2D eigenvalue weighted by Crippen LogP contribution is -2.24. The summed E-state index contributed by atoms with van der Waals surface area (Å²) in [4.78, 5) is 14.5. The van der Waals surface area contributed by atoms with Crippen molar-refractivity contribution in [1.82, 2.24) is 9.78 Å². The van der Waals surface area contributed by atoms with Crippen molar-refractivity contribution < 1.29 is 4.79 Å². The van der Waals surface area contributed by atoms with Crippen LogP contribution in [0.2, 0.25) is 0 Å². The fraction of sp³-hybridized carbons (Fsp3) is 0.412. The molecule has 0 radical (unpaired) electrons. The molecule has 1 amide bonds. The smallest absolute Gasteiger partial charge is 0.248 e. The van der Waals surface area contributed by atoms with E-state index >= 15 is 0 Å². The van der Waals surface area contributed by atoms with Crippen LogP contribution in [0, 0.1) is 6.92 Å². The van der Waals surface area contributed by atoms with Crippen LogP contribution in [0.5, 0.6) is 0 Å². The van der Waals surface area contributed by atoms with E-state index in [9.17, 15) is 4.79 Å². The average Bonchev–Trinajstić information content (AvgIpc) is 2.96. The molecular weight excluding hydrogens is 276 g/mol. The molecule has 0 aliphatic rings. The first kappa shape index (κ1) is 16.1. The second-order valence-electron chi connectivity index (χ2n) is 5.38. The molecule has 0 fully saturated rings. The summed E-state index contributed by atoms with van der Waals surface area (Å²) in [6.45, 7) is 10.0. The van der Waals surface area contributed by atoms with Crippen molar-refractivity contribution in [3.8, 4) is 0 Å². The van der Waals surface area contributed by atoms with Gasteiger partial charge in [0.2, 0.25) is 5.91 Å². The van der Waals surface area contributed by atoms with Crippen LogP contribution in [0.3, 0.4) is 0 Å². The minimum Gasteiger partial charge on any atom is -0.372 e. The molecule has 5 heteroatoms. The van der Waals surface area contributed by atoms with Gasteiger partial charge in [-0.2, -0.15) is 5.10 Å². The number of aromatic nitrogens is 2. The third kappa shape index (κ3) is 3.67. The summed E-state index contributed by atoms with van der Waals surface area (Å²) < 4.78 is 1.68. The molecule has 1 atom stereocenters. The van der Waals surface area contributed by atoms with Gasteiger partial charge in [-0.05, 0) is 57.5 Å². The van der Waals surface area contributed by atoms with Crippen molar-refractivity contribution in [3.63, 3.8) is 0 Å². The van der Waals surface area contributed by atoms with Gasteiger partial charge >= 0.3 is 0 Å². The third-order valence-electron chi connectivity index (χ3n) is 3.77. The maximum Gasteiger partial charge on any atom is 0.248 e. The van der Waals surface area contributed by atoms with Crippen LogP contribution in [0.1, 0.15) is 32.4 Å².